The van der Waals surface area contributed by atoms with Crippen LogP contribution >= 0.6 is 0 Å². The van der Waals surface area contributed by atoms with Crippen molar-refractivity contribution < 1.29 is 17.9 Å². The van der Waals surface area contributed by atoms with Crippen molar-refractivity contribution in [2.75, 3.05) is 43.5 Å². The second-order valence-electron chi connectivity index (χ2n) is 11.8. The van der Waals surface area contributed by atoms with Gasteiger partial charge in [-0.05, 0) is 112 Å². The first-order valence-corrected chi connectivity index (χ1v) is 15.1. The summed E-state index contributed by atoms with van der Waals surface area (Å²) in [6.45, 7) is 2.77. The largest absolute Gasteiger partial charge is 0.486 e. The summed E-state index contributed by atoms with van der Waals surface area (Å²) in [5, 5.41) is 3.00. The lowest BCUT2D eigenvalue weighted by Gasteiger charge is -2.34. The number of likely N-dealkylation sites (tertiary alicyclic amines) is 1. The number of nitrogens with zero attached hydrogens (tertiary/aromatic N) is 4. The van der Waals surface area contributed by atoms with Crippen molar-refractivity contribution in [3.8, 4) is 17.0 Å². The molecule has 3 aliphatic rings. The van der Waals surface area contributed by atoms with E-state index < -0.39 is 11.6 Å². The Bertz CT molecular complexity index is 1670. The molecule has 0 unspecified atom stereocenters. The molecule has 0 amide bonds. The van der Waals surface area contributed by atoms with Gasteiger partial charge in [-0.15, -0.1) is 0 Å². The number of rotatable bonds is 5. The molecule has 1 fully saturated rings. The third-order valence-corrected chi connectivity index (χ3v) is 8.97. The molecule has 4 aromatic rings. The second kappa shape index (κ2) is 11.5. The molecule has 9 heteroatoms. The molecule has 1 aliphatic carbocycles. The van der Waals surface area contributed by atoms with E-state index in [2.05, 4.69) is 44.3 Å². The van der Waals surface area contributed by atoms with Crippen molar-refractivity contribution in [3.63, 3.8) is 0 Å². The van der Waals surface area contributed by atoms with Gasteiger partial charge in [0.2, 0.25) is 5.95 Å². The van der Waals surface area contributed by atoms with Gasteiger partial charge in [0.1, 0.15) is 18.1 Å². The van der Waals surface area contributed by atoms with Crippen LogP contribution in [0.15, 0.2) is 54.7 Å². The van der Waals surface area contributed by atoms with E-state index in [0.717, 1.165) is 63.5 Å². The molecule has 0 bridgehead atoms. The Labute approximate surface area is 249 Å². The fourth-order valence-corrected chi connectivity index (χ4v) is 6.70. The number of ether oxygens (including phenoxy) is 1. The van der Waals surface area contributed by atoms with E-state index in [1.54, 1.807) is 18.2 Å². The SMILES string of the molecule is CN1CCC(c2ccc(Nc3ncc(F)c(-c4cc(F)c5c(c4)N(c4cccc6c4CCCC6)CCO5)n3)cc2F)CC1. The van der Waals surface area contributed by atoms with Crippen LogP contribution in [0.2, 0.25) is 0 Å². The number of fused-ring (bicyclic) bond motifs is 2. The molecule has 43 heavy (non-hydrogen) atoms. The van der Waals surface area contributed by atoms with E-state index in [-0.39, 0.29) is 34.7 Å². The number of hydrogen-bond donors (Lipinski definition) is 1. The van der Waals surface area contributed by atoms with Gasteiger partial charge in [0.15, 0.2) is 17.4 Å². The highest BCUT2D eigenvalue weighted by molar-refractivity contribution is 5.79. The zero-order chi connectivity index (χ0) is 29.5. The molecule has 0 saturated carbocycles. The maximum absolute atomic E-state index is 15.5. The van der Waals surface area contributed by atoms with Crippen LogP contribution < -0.4 is 15.0 Å². The molecular formula is C34H34F3N5O. The van der Waals surface area contributed by atoms with Crippen LogP contribution in [0.5, 0.6) is 5.75 Å². The molecule has 0 spiro atoms. The number of nitrogens with one attached hydrogen (secondary N) is 1. The van der Waals surface area contributed by atoms with Crippen LogP contribution in [0.1, 0.15) is 48.3 Å². The summed E-state index contributed by atoms with van der Waals surface area (Å²) in [6, 6.07) is 14.3. The summed E-state index contributed by atoms with van der Waals surface area (Å²) < 4.78 is 51.5. The molecule has 1 aromatic heterocycles. The molecule has 222 valence electrons. The van der Waals surface area contributed by atoms with Crippen molar-refractivity contribution in [2.45, 2.75) is 44.4 Å². The van der Waals surface area contributed by atoms with E-state index in [9.17, 15) is 0 Å². The van der Waals surface area contributed by atoms with E-state index in [1.807, 2.05) is 6.07 Å². The minimum atomic E-state index is -0.686. The summed E-state index contributed by atoms with van der Waals surface area (Å²) in [6.07, 6.45) is 7.15. The number of halogens is 3. The molecule has 6 nitrogen and oxygen atoms in total. The molecular weight excluding hydrogens is 551 g/mol. The van der Waals surface area contributed by atoms with Gasteiger partial charge < -0.3 is 19.9 Å². The van der Waals surface area contributed by atoms with Gasteiger partial charge >= 0.3 is 0 Å². The van der Waals surface area contributed by atoms with Crippen molar-refractivity contribution >= 4 is 23.0 Å². The topological polar surface area (TPSA) is 53.5 Å². The van der Waals surface area contributed by atoms with Crippen LogP contribution in [0.4, 0.5) is 36.2 Å². The van der Waals surface area contributed by atoms with Crippen LogP contribution in [0.3, 0.4) is 0 Å². The summed E-state index contributed by atoms with van der Waals surface area (Å²) in [5.74, 6) is -1.14. The molecule has 3 heterocycles. The normalized spacial score (nSPS) is 17.3. The fraction of sp³-hybridized carbons (Fsp3) is 0.353. The number of aromatic nitrogens is 2. The summed E-state index contributed by atoms with van der Waals surface area (Å²) in [7, 11) is 2.08. The van der Waals surface area contributed by atoms with E-state index >= 15 is 13.2 Å². The predicted octanol–water partition coefficient (Wildman–Crippen LogP) is 7.52. The minimum absolute atomic E-state index is 0.0526. The Morgan fingerprint density at radius 2 is 1.72 bits per heavy atom. The van der Waals surface area contributed by atoms with Crippen molar-refractivity contribution in [2.24, 2.45) is 0 Å². The van der Waals surface area contributed by atoms with Gasteiger partial charge in [0.25, 0.3) is 0 Å². The Balaban J connectivity index is 1.19. The monoisotopic (exact) mass is 585 g/mol. The Hall–Kier alpha value is -4.11. The van der Waals surface area contributed by atoms with Crippen LogP contribution in [0.25, 0.3) is 11.3 Å². The van der Waals surface area contributed by atoms with E-state index in [1.165, 1.54) is 23.3 Å². The number of aryl methyl sites for hydroxylation is 1. The lowest BCUT2D eigenvalue weighted by atomic mass is 9.89. The number of anilines is 4. The molecule has 1 N–H and O–H groups in total. The third kappa shape index (κ3) is 5.42. The second-order valence-corrected chi connectivity index (χ2v) is 11.8. The zero-order valence-corrected chi connectivity index (χ0v) is 24.2. The first-order chi connectivity index (χ1) is 20.9. The van der Waals surface area contributed by atoms with Crippen molar-refractivity contribution in [1.82, 2.24) is 14.9 Å². The molecule has 3 aromatic carbocycles. The van der Waals surface area contributed by atoms with Crippen molar-refractivity contribution in [3.05, 3.63) is 88.9 Å². The standard InChI is InChI=1S/C34H34F3N5O/c1-41-13-11-22(12-14-41)25-10-9-24(19-27(25)35)39-34-38-20-29(37)32(40-34)23-17-28(36)33-31(18-23)42(15-16-43-33)30-8-4-6-21-5-2-3-7-26(21)30/h4,6,8-10,17-20,22H,2-3,5,7,11-16H2,1H3,(H,38,39,40). The highest BCUT2D eigenvalue weighted by Crippen LogP contribution is 2.44. The van der Waals surface area contributed by atoms with Crippen molar-refractivity contribution in [1.29, 1.82) is 0 Å². The summed E-state index contributed by atoms with van der Waals surface area (Å²) in [5.41, 5.74) is 5.55. The third-order valence-electron chi connectivity index (χ3n) is 8.97. The molecule has 1 saturated heterocycles. The fourth-order valence-electron chi connectivity index (χ4n) is 6.70. The summed E-state index contributed by atoms with van der Waals surface area (Å²) in [4.78, 5) is 12.8. The number of benzene rings is 3. The van der Waals surface area contributed by atoms with Crippen LogP contribution in [0, 0.1) is 17.5 Å². The van der Waals surface area contributed by atoms with Gasteiger partial charge in [-0.2, -0.15) is 0 Å². The van der Waals surface area contributed by atoms with Gasteiger partial charge in [0.05, 0.1) is 18.4 Å². The Morgan fingerprint density at radius 3 is 2.56 bits per heavy atom. The Kier molecular flexibility index (Phi) is 7.43. The zero-order valence-electron chi connectivity index (χ0n) is 24.2. The number of hydrogen-bond acceptors (Lipinski definition) is 6. The highest BCUT2D eigenvalue weighted by Gasteiger charge is 2.28. The number of piperidine rings is 1. The van der Waals surface area contributed by atoms with E-state index in [4.69, 9.17) is 4.74 Å². The maximum Gasteiger partial charge on any atom is 0.227 e. The highest BCUT2D eigenvalue weighted by atomic mass is 19.1. The minimum Gasteiger partial charge on any atom is -0.486 e. The first-order valence-electron chi connectivity index (χ1n) is 15.1. The molecule has 2 aliphatic heterocycles. The lowest BCUT2D eigenvalue weighted by molar-refractivity contribution is 0.253. The smallest absolute Gasteiger partial charge is 0.227 e. The quantitative estimate of drug-likeness (QED) is 0.262. The average Bonchev–Trinajstić information content (AvgIpc) is 3.02. The maximum atomic E-state index is 15.5. The summed E-state index contributed by atoms with van der Waals surface area (Å²) >= 11 is 0. The van der Waals surface area contributed by atoms with E-state index in [0.29, 0.717) is 30.1 Å². The first kappa shape index (κ1) is 27.7. The van der Waals surface area contributed by atoms with Crippen LogP contribution in [-0.4, -0.2) is 48.2 Å². The predicted molar refractivity (Wildman–Crippen MR) is 162 cm³/mol. The molecule has 7 rings (SSSR count). The lowest BCUT2D eigenvalue weighted by Crippen LogP contribution is -2.30. The van der Waals surface area contributed by atoms with Gasteiger partial charge in [-0.1, -0.05) is 18.2 Å². The molecule has 0 radical (unpaired) electrons. The average molecular weight is 586 g/mol. The Morgan fingerprint density at radius 1 is 0.884 bits per heavy atom. The molecule has 0 atom stereocenters. The van der Waals surface area contributed by atoms with Gasteiger partial charge in [-0.3, -0.25) is 0 Å². The van der Waals surface area contributed by atoms with Crippen LogP contribution in [-0.2, 0) is 12.8 Å². The van der Waals surface area contributed by atoms with Gasteiger partial charge in [-0.25, -0.2) is 23.1 Å². The van der Waals surface area contributed by atoms with Gasteiger partial charge in [0, 0.05) is 16.9 Å².